The molecule has 0 aliphatic rings. The fourth-order valence-electron chi connectivity index (χ4n) is 3.61. The molecule has 0 saturated carbocycles. The monoisotopic (exact) mass is 438 g/mol. The Morgan fingerprint density at radius 2 is 1.94 bits per heavy atom. The molecule has 2 N–H and O–H groups in total. The minimum atomic E-state index is -0.873. The molecule has 5 nitrogen and oxygen atoms in total. The van der Waals surface area contributed by atoms with Gasteiger partial charge in [0.1, 0.15) is 5.82 Å². The lowest BCUT2D eigenvalue weighted by Crippen LogP contribution is -2.26. The van der Waals surface area contributed by atoms with Crippen LogP contribution in [0.2, 0.25) is 5.02 Å². The summed E-state index contributed by atoms with van der Waals surface area (Å²) in [6.45, 7) is 5.72. The second-order valence-electron chi connectivity index (χ2n) is 8.34. The molecule has 7 heteroatoms. The molecule has 4 aromatic rings. The summed E-state index contributed by atoms with van der Waals surface area (Å²) in [6.07, 6.45) is 5.16. The van der Waals surface area contributed by atoms with Crippen LogP contribution in [0.25, 0.3) is 22.0 Å². The highest BCUT2D eigenvalue weighted by atomic mass is 35.5. The van der Waals surface area contributed by atoms with E-state index in [2.05, 4.69) is 15.4 Å². The molecule has 0 bridgehead atoms. The zero-order valence-corrected chi connectivity index (χ0v) is 18.4. The number of pyridine rings is 1. The number of aromatic nitrogens is 3. The Balaban J connectivity index is 1.64. The van der Waals surface area contributed by atoms with Crippen molar-refractivity contribution in [3.8, 4) is 11.1 Å². The van der Waals surface area contributed by atoms with Crippen LogP contribution in [0.15, 0.2) is 61.1 Å². The van der Waals surface area contributed by atoms with Gasteiger partial charge in [0.2, 0.25) is 0 Å². The quantitative estimate of drug-likeness (QED) is 0.397. The third-order valence-corrected chi connectivity index (χ3v) is 5.35. The molecule has 2 heterocycles. The minimum Gasteiger partial charge on any atom is -0.389 e. The van der Waals surface area contributed by atoms with Crippen molar-refractivity contribution in [3.05, 3.63) is 77.5 Å². The van der Waals surface area contributed by atoms with Crippen LogP contribution >= 0.6 is 11.6 Å². The first-order chi connectivity index (χ1) is 14.7. The Hall–Kier alpha value is -2.96. The second-order valence-corrected chi connectivity index (χ2v) is 8.75. The lowest BCUT2D eigenvalue weighted by Gasteiger charge is -2.19. The van der Waals surface area contributed by atoms with Crippen LogP contribution in [-0.2, 0) is 6.54 Å². The van der Waals surface area contributed by atoms with Gasteiger partial charge in [0.15, 0.2) is 0 Å². The van der Waals surface area contributed by atoms with Crippen LogP contribution in [0.1, 0.15) is 32.4 Å². The Morgan fingerprint density at radius 1 is 1.16 bits per heavy atom. The standard InChI is InChI=1S/C24H24ClFN4O/c1-15(29-23-18-6-4-5-7-22(18)27-12-20(23)25)19-10-16(8-9-21(19)26)17-11-28-30(13-17)14-24(2,3)31/h4-13,15,31H,14H2,1-3H3,(H,27,29)/t15-/m1/s1. The van der Waals surface area contributed by atoms with Gasteiger partial charge in [0.25, 0.3) is 0 Å². The Labute approximate surface area is 185 Å². The summed E-state index contributed by atoms with van der Waals surface area (Å²) in [4.78, 5) is 4.35. The molecule has 31 heavy (non-hydrogen) atoms. The van der Waals surface area contributed by atoms with Crippen molar-refractivity contribution >= 4 is 28.2 Å². The number of para-hydroxylation sites is 1. The maximum Gasteiger partial charge on any atom is 0.128 e. The van der Waals surface area contributed by atoms with Gasteiger partial charge in [-0.15, -0.1) is 0 Å². The molecule has 0 aliphatic heterocycles. The van der Waals surface area contributed by atoms with Crippen LogP contribution in [-0.4, -0.2) is 25.5 Å². The average Bonchev–Trinajstić information content (AvgIpc) is 3.17. The smallest absolute Gasteiger partial charge is 0.128 e. The molecule has 0 spiro atoms. The number of hydrogen-bond donors (Lipinski definition) is 2. The van der Waals surface area contributed by atoms with Crippen molar-refractivity contribution in [2.75, 3.05) is 5.32 Å². The predicted molar refractivity (Wildman–Crippen MR) is 123 cm³/mol. The van der Waals surface area contributed by atoms with Crippen LogP contribution in [0.4, 0.5) is 10.1 Å². The van der Waals surface area contributed by atoms with Gasteiger partial charge in [-0.3, -0.25) is 9.67 Å². The molecule has 4 rings (SSSR count). The van der Waals surface area contributed by atoms with Crippen LogP contribution in [0, 0.1) is 5.82 Å². The molecule has 0 unspecified atom stereocenters. The number of anilines is 1. The average molecular weight is 439 g/mol. The SMILES string of the molecule is C[C@@H](Nc1c(Cl)cnc2ccccc12)c1cc(-c2cnn(CC(C)(C)O)c2)ccc1F. The van der Waals surface area contributed by atoms with Gasteiger partial charge < -0.3 is 10.4 Å². The molecule has 0 saturated heterocycles. The molecular weight excluding hydrogens is 415 g/mol. The molecule has 0 fully saturated rings. The maximum absolute atomic E-state index is 14.7. The number of rotatable bonds is 6. The van der Waals surface area contributed by atoms with E-state index in [1.54, 1.807) is 37.0 Å². The number of halogens is 2. The van der Waals surface area contributed by atoms with Gasteiger partial charge in [-0.2, -0.15) is 5.10 Å². The van der Waals surface area contributed by atoms with Gasteiger partial charge in [0, 0.05) is 28.9 Å². The normalized spacial score (nSPS) is 12.8. The van der Waals surface area contributed by atoms with Gasteiger partial charge in [-0.25, -0.2) is 4.39 Å². The van der Waals surface area contributed by atoms with Gasteiger partial charge in [-0.05, 0) is 44.5 Å². The summed E-state index contributed by atoms with van der Waals surface area (Å²) in [7, 11) is 0. The van der Waals surface area contributed by atoms with Crippen molar-refractivity contribution in [1.82, 2.24) is 14.8 Å². The van der Waals surface area contributed by atoms with Gasteiger partial charge in [-0.1, -0.05) is 35.9 Å². The largest absolute Gasteiger partial charge is 0.389 e. The topological polar surface area (TPSA) is 63.0 Å². The molecule has 0 radical (unpaired) electrons. The van der Waals surface area contributed by atoms with E-state index < -0.39 is 5.60 Å². The molecular formula is C24H24ClFN4O. The molecule has 0 aliphatic carbocycles. The van der Waals surface area contributed by atoms with E-state index in [1.807, 2.05) is 43.5 Å². The molecule has 160 valence electrons. The molecule has 2 aromatic carbocycles. The number of benzene rings is 2. The van der Waals surface area contributed by atoms with Crippen molar-refractivity contribution in [3.63, 3.8) is 0 Å². The Bertz CT molecular complexity index is 1230. The minimum absolute atomic E-state index is 0.304. The molecule has 0 amide bonds. The number of aliphatic hydroxyl groups is 1. The first-order valence-corrected chi connectivity index (χ1v) is 10.4. The van der Waals surface area contributed by atoms with Crippen LogP contribution in [0.3, 0.4) is 0 Å². The number of nitrogens with zero attached hydrogens (tertiary/aromatic N) is 3. The highest BCUT2D eigenvalue weighted by Crippen LogP contribution is 2.34. The van der Waals surface area contributed by atoms with Crippen LogP contribution < -0.4 is 5.32 Å². The summed E-state index contributed by atoms with van der Waals surface area (Å²) in [5, 5.41) is 19.0. The third kappa shape index (κ3) is 4.70. The van der Waals surface area contributed by atoms with E-state index in [0.29, 0.717) is 17.1 Å². The molecule has 2 aromatic heterocycles. The van der Waals surface area contributed by atoms with Crippen molar-refractivity contribution in [2.24, 2.45) is 0 Å². The first-order valence-electron chi connectivity index (χ1n) is 10.1. The van der Waals surface area contributed by atoms with Crippen molar-refractivity contribution in [2.45, 2.75) is 39.0 Å². The van der Waals surface area contributed by atoms with E-state index in [9.17, 15) is 9.50 Å². The van der Waals surface area contributed by atoms with Crippen molar-refractivity contribution in [1.29, 1.82) is 0 Å². The fourth-order valence-corrected chi connectivity index (χ4v) is 3.81. The second kappa shape index (κ2) is 8.29. The highest BCUT2D eigenvalue weighted by Gasteiger charge is 2.17. The summed E-state index contributed by atoms with van der Waals surface area (Å²) < 4.78 is 16.4. The van der Waals surface area contributed by atoms with E-state index in [-0.39, 0.29) is 11.9 Å². The zero-order chi connectivity index (χ0) is 22.2. The zero-order valence-electron chi connectivity index (χ0n) is 17.6. The van der Waals surface area contributed by atoms with E-state index in [1.165, 1.54) is 6.07 Å². The van der Waals surface area contributed by atoms with Crippen LogP contribution in [0.5, 0.6) is 0 Å². The van der Waals surface area contributed by atoms with Crippen molar-refractivity contribution < 1.29 is 9.50 Å². The van der Waals surface area contributed by atoms with E-state index in [0.717, 1.165) is 27.7 Å². The Morgan fingerprint density at radius 3 is 2.71 bits per heavy atom. The third-order valence-electron chi connectivity index (χ3n) is 5.07. The van der Waals surface area contributed by atoms with E-state index >= 15 is 0 Å². The number of hydrogen-bond acceptors (Lipinski definition) is 4. The predicted octanol–water partition coefficient (Wildman–Crippen LogP) is 5.83. The number of nitrogens with one attached hydrogen (secondary N) is 1. The lowest BCUT2D eigenvalue weighted by atomic mass is 10.0. The summed E-state index contributed by atoms with van der Waals surface area (Å²) >= 11 is 6.41. The Kier molecular flexibility index (Phi) is 5.69. The first kappa shape index (κ1) is 21.3. The fraction of sp³-hybridized carbons (Fsp3) is 0.250. The highest BCUT2D eigenvalue weighted by molar-refractivity contribution is 6.34. The summed E-state index contributed by atoms with van der Waals surface area (Å²) in [5.74, 6) is -0.304. The van der Waals surface area contributed by atoms with Gasteiger partial charge in [0.05, 0.1) is 40.6 Å². The number of fused-ring (bicyclic) bond motifs is 1. The maximum atomic E-state index is 14.7. The molecule has 1 atom stereocenters. The summed E-state index contributed by atoms with van der Waals surface area (Å²) in [6, 6.07) is 12.3. The lowest BCUT2D eigenvalue weighted by molar-refractivity contribution is 0.0577. The van der Waals surface area contributed by atoms with Gasteiger partial charge >= 0.3 is 0 Å². The summed E-state index contributed by atoms with van der Waals surface area (Å²) in [5.41, 5.74) is 2.88. The van der Waals surface area contributed by atoms with E-state index in [4.69, 9.17) is 11.6 Å².